The van der Waals surface area contributed by atoms with E-state index < -0.39 is 37.9 Å². The Morgan fingerprint density at radius 1 is 1.00 bits per heavy atom. The monoisotopic (exact) mass is 230 g/mol. The summed E-state index contributed by atoms with van der Waals surface area (Å²) < 4.78 is 56.3. The number of alkyl halides is 3. The predicted molar refractivity (Wildman–Crippen MR) is 33.8 cm³/mol. The molecule has 0 atom stereocenters. The van der Waals surface area contributed by atoms with Crippen LogP contribution in [0.1, 0.15) is 0 Å². The fourth-order valence-corrected chi connectivity index (χ4v) is 1.86. The molecule has 0 aromatic carbocycles. The van der Waals surface area contributed by atoms with Crippen molar-refractivity contribution in [2.75, 3.05) is 0 Å². The van der Waals surface area contributed by atoms with Gasteiger partial charge < -0.3 is 0 Å². The Labute approximate surface area is 74.8 Å². The largest absolute Gasteiger partial charge is 0.498 e. The summed E-state index contributed by atoms with van der Waals surface area (Å²) in [5.41, 5.74) is -5.70. The van der Waals surface area contributed by atoms with E-state index >= 15 is 0 Å². The first-order valence-electron chi connectivity index (χ1n) is 3.03. The van der Waals surface area contributed by atoms with Gasteiger partial charge in [-0.05, 0) is 0 Å². The average molecular weight is 230 g/mol. The van der Waals surface area contributed by atoms with Gasteiger partial charge in [0, 0.05) is 0 Å². The molecule has 9 heteroatoms. The van der Waals surface area contributed by atoms with E-state index in [2.05, 4.69) is 0 Å². The normalized spacial score (nSPS) is 19.8. The standard InChI is InChI=1S/C5HF3O5S/c6-5(7,8)14(12,13)4-2(10)1(9)3(4)11/h4H. The molecule has 0 aromatic heterocycles. The molecule has 0 bridgehead atoms. The minimum absolute atomic E-state index is 1.71. The van der Waals surface area contributed by atoms with Crippen LogP contribution in [-0.2, 0) is 24.2 Å². The van der Waals surface area contributed by atoms with Crippen LogP contribution in [0.15, 0.2) is 0 Å². The second kappa shape index (κ2) is 2.62. The van der Waals surface area contributed by atoms with E-state index in [-0.39, 0.29) is 0 Å². The molecule has 1 fully saturated rings. The van der Waals surface area contributed by atoms with E-state index in [1.807, 2.05) is 0 Å². The summed E-state index contributed by atoms with van der Waals surface area (Å²) in [5, 5.41) is -2.88. The van der Waals surface area contributed by atoms with Crippen molar-refractivity contribution < 1.29 is 36.0 Å². The third-order valence-corrected chi connectivity index (χ3v) is 3.25. The number of ketones is 3. The van der Waals surface area contributed by atoms with Gasteiger partial charge in [-0.2, -0.15) is 13.2 Å². The second-order valence-electron chi connectivity index (χ2n) is 2.43. The number of hydrogen-bond donors (Lipinski definition) is 0. The Kier molecular flexibility index (Phi) is 2.03. The second-order valence-corrected chi connectivity index (χ2v) is 4.45. The van der Waals surface area contributed by atoms with Gasteiger partial charge in [0.1, 0.15) is 0 Å². The van der Waals surface area contributed by atoms with Gasteiger partial charge in [0.25, 0.3) is 15.6 Å². The van der Waals surface area contributed by atoms with Crippen LogP contribution in [0.2, 0.25) is 0 Å². The van der Waals surface area contributed by atoms with Crippen molar-refractivity contribution in [2.24, 2.45) is 0 Å². The van der Waals surface area contributed by atoms with Crippen molar-refractivity contribution in [3.63, 3.8) is 0 Å². The lowest BCUT2D eigenvalue weighted by Crippen LogP contribution is -2.60. The zero-order valence-electron chi connectivity index (χ0n) is 6.16. The Morgan fingerprint density at radius 3 is 1.64 bits per heavy atom. The number of halogens is 3. The predicted octanol–water partition coefficient (Wildman–Crippen LogP) is -0.989. The van der Waals surface area contributed by atoms with E-state index in [0.717, 1.165) is 0 Å². The van der Waals surface area contributed by atoms with Gasteiger partial charge >= 0.3 is 5.51 Å². The van der Waals surface area contributed by atoms with Crippen LogP contribution in [0.4, 0.5) is 13.2 Å². The van der Waals surface area contributed by atoms with Crippen LogP contribution in [-0.4, -0.2) is 36.5 Å². The maximum absolute atomic E-state index is 11.8. The van der Waals surface area contributed by atoms with Crippen molar-refractivity contribution in [3.8, 4) is 0 Å². The fraction of sp³-hybridized carbons (Fsp3) is 0.400. The van der Waals surface area contributed by atoms with E-state index in [0.29, 0.717) is 0 Å². The van der Waals surface area contributed by atoms with Gasteiger partial charge in [0.2, 0.25) is 16.8 Å². The third kappa shape index (κ3) is 1.15. The number of hydrogen-bond acceptors (Lipinski definition) is 5. The van der Waals surface area contributed by atoms with Crippen molar-refractivity contribution in [1.82, 2.24) is 0 Å². The molecule has 1 aliphatic carbocycles. The van der Waals surface area contributed by atoms with Gasteiger partial charge in [-0.15, -0.1) is 0 Å². The van der Waals surface area contributed by atoms with Crippen molar-refractivity contribution in [3.05, 3.63) is 0 Å². The Bertz CT molecular complexity index is 413. The van der Waals surface area contributed by atoms with Crippen molar-refractivity contribution in [1.29, 1.82) is 0 Å². The van der Waals surface area contributed by atoms with Crippen LogP contribution in [0, 0.1) is 0 Å². The molecule has 0 aromatic rings. The van der Waals surface area contributed by atoms with E-state index in [9.17, 15) is 36.0 Å². The van der Waals surface area contributed by atoms with Gasteiger partial charge in [0.15, 0.2) is 0 Å². The summed E-state index contributed by atoms with van der Waals surface area (Å²) in [5.74, 6) is -5.36. The Hall–Kier alpha value is -1.25. The quantitative estimate of drug-likeness (QED) is 0.426. The summed E-state index contributed by atoms with van der Waals surface area (Å²) in [7, 11) is -5.89. The molecule has 0 unspecified atom stereocenters. The Balaban J connectivity index is 3.17. The molecule has 0 radical (unpaired) electrons. The summed E-state index contributed by atoms with van der Waals surface area (Å²) in [4.78, 5) is 31.0. The van der Waals surface area contributed by atoms with Gasteiger partial charge in [-0.3, -0.25) is 14.4 Å². The zero-order valence-corrected chi connectivity index (χ0v) is 6.98. The minimum Gasteiger partial charge on any atom is -0.288 e. The maximum Gasteiger partial charge on any atom is 0.498 e. The summed E-state index contributed by atoms with van der Waals surface area (Å²) in [6, 6.07) is 0. The molecule has 0 amide bonds. The average Bonchev–Trinajstić information content (AvgIpc) is 2.01. The van der Waals surface area contributed by atoms with Gasteiger partial charge in [-0.1, -0.05) is 0 Å². The lowest BCUT2D eigenvalue weighted by atomic mass is 9.94. The lowest BCUT2D eigenvalue weighted by Gasteiger charge is -2.21. The van der Waals surface area contributed by atoms with Crippen LogP contribution in [0.3, 0.4) is 0 Å². The Morgan fingerprint density at radius 2 is 1.36 bits per heavy atom. The molecule has 1 saturated carbocycles. The number of sulfone groups is 1. The SMILES string of the molecule is O=C1C(=O)C(S(=O)(=O)C(F)(F)F)C1=O. The van der Waals surface area contributed by atoms with Crippen LogP contribution < -0.4 is 0 Å². The molecule has 0 spiro atoms. The van der Waals surface area contributed by atoms with E-state index in [4.69, 9.17) is 0 Å². The van der Waals surface area contributed by atoms with Crippen LogP contribution in [0.5, 0.6) is 0 Å². The summed E-state index contributed by atoms with van der Waals surface area (Å²) >= 11 is 0. The highest BCUT2D eigenvalue weighted by molar-refractivity contribution is 7.95. The van der Waals surface area contributed by atoms with Crippen LogP contribution >= 0.6 is 0 Å². The third-order valence-electron chi connectivity index (χ3n) is 1.56. The molecular formula is C5HF3O5S. The first-order chi connectivity index (χ1) is 6.10. The molecule has 0 saturated heterocycles. The van der Waals surface area contributed by atoms with Crippen molar-refractivity contribution >= 4 is 27.2 Å². The number of carbonyl (C=O) groups excluding carboxylic acids is 3. The molecular weight excluding hydrogens is 229 g/mol. The molecule has 78 valence electrons. The summed E-state index contributed by atoms with van der Waals surface area (Å²) in [6.45, 7) is 0. The van der Waals surface area contributed by atoms with E-state index in [1.54, 1.807) is 0 Å². The number of Topliss-reactive ketones (excluding diaryl/α,β-unsaturated/α-hetero) is 3. The first-order valence-corrected chi connectivity index (χ1v) is 4.58. The maximum atomic E-state index is 11.8. The van der Waals surface area contributed by atoms with Crippen LogP contribution in [0.25, 0.3) is 0 Å². The number of rotatable bonds is 1. The summed E-state index contributed by atoms with van der Waals surface area (Å²) in [6.07, 6.45) is 0. The lowest BCUT2D eigenvalue weighted by molar-refractivity contribution is -0.151. The molecule has 0 aliphatic heterocycles. The highest BCUT2D eigenvalue weighted by Crippen LogP contribution is 2.31. The molecule has 1 rings (SSSR count). The van der Waals surface area contributed by atoms with Gasteiger partial charge in [0.05, 0.1) is 0 Å². The number of carbonyl (C=O) groups is 3. The first kappa shape index (κ1) is 10.8. The molecule has 5 nitrogen and oxygen atoms in total. The highest BCUT2D eigenvalue weighted by Gasteiger charge is 2.64. The van der Waals surface area contributed by atoms with Crippen molar-refractivity contribution in [2.45, 2.75) is 10.8 Å². The molecule has 0 N–H and O–H groups in total. The molecule has 1 aliphatic rings. The molecule has 14 heavy (non-hydrogen) atoms. The smallest absolute Gasteiger partial charge is 0.288 e. The van der Waals surface area contributed by atoms with Gasteiger partial charge in [-0.25, -0.2) is 8.42 Å². The van der Waals surface area contributed by atoms with E-state index in [1.165, 1.54) is 0 Å². The zero-order chi connectivity index (χ0) is 11.3. The highest BCUT2D eigenvalue weighted by atomic mass is 32.2. The fourth-order valence-electron chi connectivity index (χ4n) is 0.816. The topological polar surface area (TPSA) is 85.3 Å². The molecule has 0 heterocycles. The minimum atomic E-state index is -5.89.